The number of nitrogens with zero attached hydrogens (tertiary/aromatic N) is 3. The molecule has 48 heavy (non-hydrogen) atoms. The molecule has 1 fully saturated rings. The number of alkyl carbamates (subject to hydrolysis) is 1. The van der Waals surface area contributed by atoms with Crippen LogP contribution in [0, 0.1) is 29.0 Å². The summed E-state index contributed by atoms with van der Waals surface area (Å²) >= 11 is 0. The minimum Gasteiger partial charge on any atom is -0.445 e. The number of imidazole rings is 1. The van der Waals surface area contributed by atoms with Crippen LogP contribution in [0.1, 0.15) is 67.2 Å². The van der Waals surface area contributed by atoms with Crippen LogP contribution in [0.5, 0.6) is 0 Å². The zero-order chi connectivity index (χ0) is 33.7. The molecular weight excluding hydrogens is 613 g/mol. The normalized spacial score (nSPS) is 16.2. The summed E-state index contributed by atoms with van der Waals surface area (Å²) in [5.41, 5.74) is 2.60. The van der Waals surface area contributed by atoms with Crippen molar-refractivity contribution in [3.63, 3.8) is 0 Å². The van der Waals surface area contributed by atoms with Crippen LogP contribution in [0.4, 0.5) is 9.18 Å². The quantitative estimate of drug-likeness (QED) is 0.149. The van der Waals surface area contributed by atoms with Gasteiger partial charge in [-0.2, -0.15) is 5.26 Å². The number of carbonyl (C=O) groups is 3. The SMILES string of the molecule is N#Cc1ccc(-c2cnc([C@H](CCC(=O)NCc3ccccn3)NC(=O)C3CCC(CNC(=O)OCc4ccccc4)CC3)[nH]2)cc1F. The third kappa shape index (κ3) is 9.72. The molecule has 1 aliphatic carbocycles. The highest BCUT2D eigenvalue weighted by atomic mass is 19.1. The molecule has 248 valence electrons. The highest BCUT2D eigenvalue weighted by Gasteiger charge is 2.29. The lowest BCUT2D eigenvalue weighted by atomic mass is 9.81. The molecule has 0 spiro atoms. The third-order valence-electron chi connectivity index (χ3n) is 8.46. The summed E-state index contributed by atoms with van der Waals surface area (Å²) in [5.74, 6) is -0.532. The van der Waals surface area contributed by atoms with E-state index < -0.39 is 18.0 Å². The van der Waals surface area contributed by atoms with Crippen molar-refractivity contribution in [1.29, 1.82) is 5.26 Å². The molecule has 1 aliphatic rings. The zero-order valence-electron chi connectivity index (χ0n) is 26.5. The molecule has 11 nitrogen and oxygen atoms in total. The van der Waals surface area contributed by atoms with Crippen molar-refractivity contribution < 1.29 is 23.5 Å². The van der Waals surface area contributed by atoms with Gasteiger partial charge < -0.3 is 25.7 Å². The standard InChI is InChI=1S/C36H38FN7O4/c37-30-18-27(13-14-28(30)19-38)32-22-41-34(43-32)31(15-16-33(45)40-21-29-8-4-5-17-39-29)44-35(46)26-11-9-24(10-12-26)20-42-36(47)48-23-25-6-2-1-3-7-25/h1-8,13-14,17-18,22,24,26,31H,9-12,15-16,20-21,23H2,(H,40,45)(H,41,43)(H,42,47)(H,44,46)/t24?,26?,31-/m0/s1. The topological polar surface area (TPSA) is 162 Å². The van der Waals surface area contributed by atoms with E-state index >= 15 is 0 Å². The largest absolute Gasteiger partial charge is 0.445 e. The van der Waals surface area contributed by atoms with Crippen molar-refractivity contribution in [2.45, 2.75) is 57.7 Å². The van der Waals surface area contributed by atoms with E-state index in [-0.39, 0.29) is 55.2 Å². The van der Waals surface area contributed by atoms with E-state index in [1.54, 1.807) is 24.5 Å². The molecule has 5 rings (SSSR count). The average molecular weight is 652 g/mol. The molecule has 2 aromatic heterocycles. The van der Waals surface area contributed by atoms with E-state index in [0.29, 0.717) is 36.5 Å². The average Bonchev–Trinajstić information content (AvgIpc) is 3.62. The molecule has 2 heterocycles. The van der Waals surface area contributed by atoms with Gasteiger partial charge in [0.15, 0.2) is 0 Å². The number of benzene rings is 2. The lowest BCUT2D eigenvalue weighted by Gasteiger charge is -2.29. The van der Waals surface area contributed by atoms with Crippen molar-refractivity contribution >= 4 is 17.9 Å². The predicted molar refractivity (Wildman–Crippen MR) is 175 cm³/mol. The lowest BCUT2D eigenvalue weighted by molar-refractivity contribution is -0.127. The maximum atomic E-state index is 14.3. The Kier molecular flexibility index (Phi) is 11.8. The van der Waals surface area contributed by atoms with Crippen molar-refractivity contribution in [1.82, 2.24) is 30.9 Å². The molecule has 0 radical (unpaired) electrons. The van der Waals surface area contributed by atoms with E-state index in [0.717, 1.165) is 24.1 Å². The number of aromatic nitrogens is 3. The molecule has 1 atom stereocenters. The molecule has 3 amide bonds. The van der Waals surface area contributed by atoms with Gasteiger partial charge in [-0.3, -0.25) is 14.6 Å². The summed E-state index contributed by atoms with van der Waals surface area (Å²) in [6, 6.07) is 20.4. The highest BCUT2D eigenvalue weighted by molar-refractivity contribution is 5.79. The molecule has 2 aromatic carbocycles. The predicted octanol–water partition coefficient (Wildman–Crippen LogP) is 5.47. The Labute approximate surface area is 278 Å². The van der Waals surface area contributed by atoms with Crippen molar-refractivity contribution in [3.05, 3.63) is 108 Å². The van der Waals surface area contributed by atoms with Crippen LogP contribution in [0.15, 0.2) is 79.1 Å². The number of halogens is 1. The first-order chi connectivity index (χ1) is 23.4. The minimum absolute atomic E-state index is 0.0613. The van der Waals surface area contributed by atoms with Gasteiger partial charge in [0, 0.05) is 30.6 Å². The number of rotatable bonds is 13. The number of nitriles is 1. The van der Waals surface area contributed by atoms with E-state index in [4.69, 9.17) is 10.00 Å². The lowest BCUT2D eigenvalue weighted by Crippen LogP contribution is -2.38. The van der Waals surface area contributed by atoms with E-state index in [1.165, 1.54) is 12.1 Å². The highest BCUT2D eigenvalue weighted by Crippen LogP contribution is 2.30. The van der Waals surface area contributed by atoms with E-state index in [9.17, 15) is 18.8 Å². The Morgan fingerprint density at radius 1 is 1.00 bits per heavy atom. The molecule has 0 unspecified atom stereocenters. The molecule has 0 saturated heterocycles. The number of amides is 3. The van der Waals surface area contributed by atoms with Crippen molar-refractivity contribution in [2.75, 3.05) is 6.54 Å². The Morgan fingerprint density at radius 3 is 2.52 bits per heavy atom. The van der Waals surface area contributed by atoms with Gasteiger partial charge in [-0.15, -0.1) is 0 Å². The summed E-state index contributed by atoms with van der Waals surface area (Å²) in [6.07, 6.45) is 5.99. The molecule has 0 aliphatic heterocycles. The number of hydrogen-bond donors (Lipinski definition) is 4. The van der Waals surface area contributed by atoms with Gasteiger partial charge in [0.2, 0.25) is 11.8 Å². The molecule has 0 bridgehead atoms. The number of pyridine rings is 1. The van der Waals surface area contributed by atoms with E-state index in [1.807, 2.05) is 48.5 Å². The number of ether oxygens (including phenoxy) is 1. The van der Waals surface area contributed by atoms with Gasteiger partial charge in [0.1, 0.15) is 24.3 Å². The first-order valence-electron chi connectivity index (χ1n) is 16.0. The van der Waals surface area contributed by atoms with E-state index in [2.05, 4.69) is 30.9 Å². The third-order valence-corrected chi connectivity index (χ3v) is 8.46. The first-order valence-corrected chi connectivity index (χ1v) is 16.0. The molecular formula is C36H38FN7O4. The fraction of sp³-hybridized carbons (Fsp3) is 0.333. The summed E-state index contributed by atoms with van der Waals surface area (Å²) in [4.78, 5) is 50.3. The second kappa shape index (κ2) is 16.8. The number of hydrogen-bond acceptors (Lipinski definition) is 7. The molecule has 4 aromatic rings. The van der Waals surface area contributed by atoms with Crippen LogP contribution in [0.2, 0.25) is 0 Å². The molecule has 1 saturated carbocycles. The molecule has 4 N–H and O–H groups in total. The fourth-order valence-corrected chi connectivity index (χ4v) is 5.69. The smallest absolute Gasteiger partial charge is 0.407 e. The van der Waals surface area contributed by atoms with Crippen LogP contribution in [0.25, 0.3) is 11.3 Å². The number of H-pyrrole nitrogens is 1. The van der Waals surface area contributed by atoms with Gasteiger partial charge >= 0.3 is 6.09 Å². The van der Waals surface area contributed by atoms with Crippen molar-refractivity contribution in [3.8, 4) is 17.3 Å². The van der Waals surface area contributed by atoms with Crippen LogP contribution in [-0.4, -0.2) is 39.4 Å². The molecule has 12 heteroatoms. The van der Waals surface area contributed by atoms with Crippen LogP contribution in [-0.2, 0) is 27.5 Å². The minimum atomic E-state index is -0.643. The zero-order valence-corrected chi connectivity index (χ0v) is 26.5. The number of nitrogens with one attached hydrogen (secondary N) is 4. The summed E-state index contributed by atoms with van der Waals surface area (Å²) in [6.45, 7) is 0.964. The monoisotopic (exact) mass is 651 g/mol. The van der Waals surface area contributed by atoms with Crippen LogP contribution < -0.4 is 16.0 Å². The number of carbonyl (C=O) groups excluding carboxylic acids is 3. The summed E-state index contributed by atoms with van der Waals surface area (Å²) < 4.78 is 19.6. The van der Waals surface area contributed by atoms with Crippen molar-refractivity contribution in [2.24, 2.45) is 11.8 Å². The van der Waals surface area contributed by atoms with Gasteiger partial charge in [0.25, 0.3) is 0 Å². The Hall–Kier alpha value is -5.57. The second-order valence-corrected chi connectivity index (χ2v) is 11.8. The summed E-state index contributed by atoms with van der Waals surface area (Å²) in [5, 5.41) is 17.9. The van der Waals surface area contributed by atoms with Crippen LogP contribution >= 0.6 is 0 Å². The van der Waals surface area contributed by atoms with Gasteiger partial charge in [-0.05, 0) is 67.9 Å². The maximum Gasteiger partial charge on any atom is 0.407 e. The number of aromatic amines is 1. The first kappa shape index (κ1) is 33.8. The second-order valence-electron chi connectivity index (χ2n) is 11.8. The Bertz CT molecular complexity index is 1720. The van der Waals surface area contributed by atoms with Gasteiger partial charge in [0.05, 0.1) is 35.7 Å². The fourth-order valence-electron chi connectivity index (χ4n) is 5.69. The maximum absolute atomic E-state index is 14.3. The Balaban J connectivity index is 1.15. The Morgan fingerprint density at radius 2 is 1.79 bits per heavy atom. The summed E-state index contributed by atoms with van der Waals surface area (Å²) in [7, 11) is 0. The van der Waals surface area contributed by atoms with Crippen LogP contribution in [0.3, 0.4) is 0 Å². The van der Waals surface area contributed by atoms with Gasteiger partial charge in [-0.1, -0.05) is 42.5 Å². The van der Waals surface area contributed by atoms with Gasteiger partial charge in [-0.25, -0.2) is 14.2 Å².